The second kappa shape index (κ2) is 7.53. The van der Waals surface area contributed by atoms with E-state index in [1.165, 1.54) is 0 Å². The minimum atomic E-state index is -0.996. The van der Waals surface area contributed by atoms with E-state index in [9.17, 15) is 14.7 Å². The number of fused-ring (bicyclic) bond motifs is 1. The summed E-state index contributed by atoms with van der Waals surface area (Å²) >= 11 is 0. The minimum absolute atomic E-state index is 0.0218. The zero-order valence-corrected chi connectivity index (χ0v) is 15.4. The summed E-state index contributed by atoms with van der Waals surface area (Å²) in [5.41, 5.74) is 4.90. The van der Waals surface area contributed by atoms with Gasteiger partial charge in [-0.2, -0.15) is 5.26 Å². The van der Waals surface area contributed by atoms with Gasteiger partial charge in [-0.25, -0.2) is 4.79 Å². The van der Waals surface area contributed by atoms with Crippen molar-refractivity contribution in [3.8, 4) is 17.2 Å². The SMILES string of the molecule is N#Cc1cccc(C2=Nc3ccc(-c4ccccc4C(=O)O)cc3CC(=O)C2)c1. The van der Waals surface area contributed by atoms with Crippen molar-refractivity contribution in [1.29, 1.82) is 5.26 Å². The van der Waals surface area contributed by atoms with Crippen LogP contribution in [0.1, 0.15) is 33.5 Å². The third kappa shape index (κ3) is 3.69. The molecule has 0 unspecified atom stereocenters. The zero-order valence-electron chi connectivity index (χ0n) is 15.4. The fourth-order valence-corrected chi connectivity index (χ4v) is 3.51. The van der Waals surface area contributed by atoms with Gasteiger partial charge in [0.25, 0.3) is 0 Å². The molecule has 1 aliphatic heterocycles. The van der Waals surface area contributed by atoms with E-state index in [-0.39, 0.29) is 24.2 Å². The Bertz CT molecular complexity index is 1220. The average molecular weight is 380 g/mol. The van der Waals surface area contributed by atoms with Gasteiger partial charge in [-0.15, -0.1) is 0 Å². The van der Waals surface area contributed by atoms with E-state index >= 15 is 0 Å². The molecule has 5 nitrogen and oxygen atoms in total. The molecule has 0 saturated heterocycles. The molecule has 0 aliphatic carbocycles. The molecular weight excluding hydrogens is 364 g/mol. The van der Waals surface area contributed by atoms with Crippen LogP contribution in [0.5, 0.6) is 0 Å². The molecule has 0 amide bonds. The Balaban J connectivity index is 1.80. The minimum Gasteiger partial charge on any atom is -0.478 e. The Kier molecular flexibility index (Phi) is 4.76. The van der Waals surface area contributed by atoms with E-state index in [0.717, 1.165) is 16.7 Å². The number of benzene rings is 3. The summed E-state index contributed by atoms with van der Waals surface area (Å²) in [6.45, 7) is 0. The van der Waals surface area contributed by atoms with E-state index in [1.54, 1.807) is 42.5 Å². The highest BCUT2D eigenvalue weighted by Gasteiger charge is 2.19. The quantitative estimate of drug-likeness (QED) is 0.721. The molecular formula is C24H16N2O3. The van der Waals surface area contributed by atoms with Crippen molar-refractivity contribution in [2.75, 3.05) is 0 Å². The smallest absolute Gasteiger partial charge is 0.336 e. The number of carboxylic acid groups (broad SMARTS) is 1. The normalized spacial score (nSPS) is 13.1. The molecule has 3 aromatic rings. The number of nitrogens with zero attached hydrogens (tertiary/aromatic N) is 2. The van der Waals surface area contributed by atoms with Gasteiger partial charge in [0.05, 0.1) is 28.6 Å². The maximum atomic E-state index is 12.6. The lowest BCUT2D eigenvalue weighted by Gasteiger charge is -2.09. The monoisotopic (exact) mass is 380 g/mol. The number of aromatic carboxylic acids is 1. The number of carbonyl (C=O) groups excluding carboxylic acids is 1. The van der Waals surface area contributed by atoms with Gasteiger partial charge in [-0.1, -0.05) is 36.4 Å². The second-order valence-corrected chi connectivity index (χ2v) is 6.84. The fourth-order valence-electron chi connectivity index (χ4n) is 3.51. The van der Waals surface area contributed by atoms with E-state index in [2.05, 4.69) is 6.07 Å². The van der Waals surface area contributed by atoms with Crippen LogP contribution in [-0.2, 0) is 11.2 Å². The van der Waals surface area contributed by atoms with Gasteiger partial charge < -0.3 is 5.11 Å². The van der Waals surface area contributed by atoms with Crippen LogP contribution in [0.3, 0.4) is 0 Å². The lowest BCUT2D eigenvalue weighted by Crippen LogP contribution is -2.09. The molecule has 1 aliphatic rings. The average Bonchev–Trinajstić information content (AvgIpc) is 2.91. The Morgan fingerprint density at radius 3 is 2.59 bits per heavy atom. The van der Waals surface area contributed by atoms with Crippen LogP contribution in [0.2, 0.25) is 0 Å². The Morgan fingerprint density at radius 2 is 1.79 bits per heavy atom. The molecule has 4 rings (SSSR count). The van der Waals surface area contributed by atoms with Crippen LogP contribution < -0.4 is 0 Å². The highest BCUT2D eigenvalue weighted by molar-refractivity contribution is 6.13. The zero-order chi connectivity index (χ0) is 20.4. The predicted molar refractivity (Wildman–Crippen MR) is 110 cm³/mol. The van der Waals surface area contributed by atoms with Crippen LogP contribution in [-0.4, -0.2) is 22.6 Å². The van der Waals surface area contributed by atoms with Crippen LogP contribution in [0.4, 0.5) is 5.69 Å². The van der Waals surface area contributed by atoms with Gasteiger partial charge in [-0.05, 0) is 52.6 Å². The summed E-state index contributed by atoms with van der Waals surface area (Å²) < 4.78 is 0. The number of rotatable bonds is 3. The first-order chi connectivity index (χ1) is 14.0. The largest absolute Gasteiger partial charge is 0.478 e. The molecule has 0 spiro atoms. The van der Waals surface area contributed by atoms with E-state index in [4.69, 9.17) is 10.3 Å². The Labute approximate surface area is 167 Å². The summed E-state index contributed by atoms with van der Waals surface area (Å²) in [5, 5.41) is 18.6. The standard InChI is InChI=1S/C24H16N2O3/c25-14-15-4-3-5-17(10-15)23-13-19(27)12-18-11-16(8-9-22(18)26-23)20-6-1-2-7-21(20)24(28)29/h1-11H,12-13H2,(H,28,29). The number of Topliss-reactive ketones (excluding diaryl/α,β-unsaturated/α-hetero) is 1. The van der Waals surface area contributed by atoms with Crippen molar-refractivity contribution < 1.29 is 14.7 Å². The van der Waals surface area contributed by atoms with E-state index in [0.29, 0.717) is 22.5 Å². The number of hydrogen-bond acceptors (Lipinski definition) is 4. The molecule has 3 aromatic carbocycles. The Hall–Kier alpha value is -4.04. The number of aliphatic imine (C=N–C) groups is 1. The van der Waals surface area contributed by atoms with Crippen LogP contribution in [0.25, 0.3) is 11.1 Å². The van der Waals surface area contributed by atoms with Crippen molar-refractivity contribution in [1.82, 2.24) is 0 Å². The summed E-state index contributed by atoms with van der Waals surface area (Å²) in [5.74, 6) is -0.974. The van der Waals surface area contributed by atoms with Crippen LogP contribution >= 0.6 is 0 Å². The number of carboxylic acids is 1. The second-order valence-electron chi connectivity index (χ2n) is 6.84. The number of nitriles is 1. The lowest BCUT2D eigenvalue weighted by atomic mass is 9.95. The topological polar surface area (TPSA) is 90.5 Å². The maximum Gasteiger partial charge on any atom is 0.336 e. The molecule has 0 aromatic heterocycles. The summed E-state index contributed by atoms with van der Waals surface area (Å²) in [6, 6.07) is 21.4. The number of ketones is 1. The van der Waals surface area contributed by atoms with Gasteiger partial charge in [0, 0.05) is 12.8 Å². The number of hydrogen-bond donors (Lipinski definition) is 1. The van der Waals surface area contributed by atoms with Gasteiger partial charge in [0.15, 0.2) is 0 Å². The van der Waals surface area contributed by atoms with E-state index < -0.39 is 5.97 Å². The van der Waals surface area contributed by atoms with Crippen molar-refractivity contribution in [3.63, 3.8) is 0 Å². The third-order valence-corrected chi connectivity index (χ3v) is 4.88. The first kappa shape index (κ1) is 18.3. The van der Waals surface area contributed by atoms with Gasteiger partial charge in [-0.3, -0.25) is 9.79 Å². The summed E-state index contributed by atoms with van der Waals surface area (Å²) in [7, 11) is 0. The fraction of sp³-hybridized carbons (Fsp3) is 0.0833. The molecule has 0 atom stereocenters. The Morgan fingerprint density at radius 1 is 0.966 bits per heavy atom. The van der Waals surface area contributed by atoms with Gasteiger partial charge in [0.1, 0.15) is 5.78 Å². The molecule has 5 heteroatoms. The van der Waals surface area contributed by atoms with Gasteiger partial charge >= 0.3 is 5.97 Å². The van der Waals surface area contributed by atoms with Crippen LogP contribution in [0.15, 0.2) is 71.7 Å². The first-order valence-electron chi connectivity index (χ1n) is 9.10. The molecule has 1 N–H and O–H groups in total. The number of carbonyl (C=O) groups is 2. The molecule has 0 fully saturated rings. The summed E-state index contributed by atoms with van der Waals surface area (Å²) in [4.78, 5) is 28.8. The maximum absolute atomic E-state index is 12.6. The molecule has 140 valence electrons. The molecule has 1 heterocycles. The molecule has 0 bridgehead atoms. The van der Waals surface area contributed by atoms with E-state index in [1.807, 2.05) is 24.3 Å². The van der Waals surface area contributed by atoms with Crippen LogP contribution in [0, 0.1) is 11.3 Å². The lowest BCUT2D eigenvalue weighted by molar-refractivity contribution is -0.117. The molecule has 29 heavy (non-hydrogen) atoms. The van der Waals surface area contributed by atoms with Crippen molar-refractivity contribution in [3.05, 3.63) is 89.0 Å². The first-order valence-corrected chi connectivity index (χ1v) is 9.10. The van der Waals surface area contributed by atoms with Crippen molar-refractivity contribution >= 4 is 23.2 Å². The van der Waals surface area contributed by atoms with Crippen molar-refractivity contribution in [2.24, 2.45) is 4.99 Å². The van der Waals surface area contributed by atoms with Gasteiger partial charge in [0.2, 0.25) is 0 Å². The third-order valence-electron chi connectivity index (χ3n) is 4.88. The molecule has 0 saturated carbocycles. The highest BCUT2D eigenvalue weighted by Crippen LogP contribution is 2.32. The highest BCUT2D eigenvalue weighted by atomic mass is 16.4. The predicted octanol–water partition coefficient (Wildman–Crippen LogP) is 4.56. The molecule has 0 radical (unpaired) electrons. The summed E-state index contributed by atoms with van der Waals surface area (Å²) in [6.07, 6.45) is 0.411. The van der Waals surface area contributed by atoms with Crippen molar-refractivity contribution in [2.45, 2.75) is 12.8 Å².